The van der Waals surface area contributed by atoms with E-state index in [9.17, 15) is 5.21 Å². The molecule has 0 saturated heterocycles. The zero-order valence-electron chi connectivity index (χ0n) is 17.7. The molecule has 6 heteroatoms. The zero-order chi connectivity index (χ0) is 21.5. The molecule has 0 amide bonds. The highest BCUT2D eigenvalue weighted by atomic mass is 127. The van der Waals surface area contributed by atoms with Crippen LogP contribution >= 0.6 is 22.6 Å². The van der Waals surface area contributed by atoms with Gasteiger partial charge in [-0.05, 0) is 66.1 Å². The largest absolute Gasteiger partial charge is 0.618 e. The zero-order valence-corrected chi connectivity index (χ0v) is 19.9. The molecule has 160 valence electrons. The molecular formula is C24H28INO4. The number of fused-ring (bicyclic) bond motifs is 1. The third kappa shape index (κ3) is 5.09. The van der Waals surface area contributed by atoms with Crippen LogP contribution in [0.5, 0.6) is 17.2 Å². The molecule has 30 heavy (non-hydrogen) atoms. The van der Waals surface area contributed by atoms with Crippen molar-refractivity contribution in [2.24, 2.45) is 0 Å². The van der Waals surface area contributed by atoms with E-state index >= 15 is 0 Å². The second kappa shape index (κ2) is 10.7. The molecule has 0 aliphatic rings. The van der Waals surface area contributed by atoms with E-state index in [1.54, 1.807) is 0 Å². The van der Waals surface area contributed by atoms with Gasteiger partial charge >= 0.3 is 0 Å². The summed E-state index contributed by atoms with van der Waals surface area (Å²) in [4.78, 5) is 0. The van der Waals surface area contributed by atoms with Crippen LogP contribution in [0, 0.1) is 15.7 Å². The van der Waals surface area contributed by atoms with Crippen LogP contribution in [-0.4, -0.2) is 19.8 Å². The summed E-state index contributed by atoms with van der Waals surface area (Å²) in [6.45, 7) is 7.32. The van der Waals surface area contributed by atoms with Gasteiger partial charge in [-0.1, -0.05) is 31.5 Å². The smallest absolute Gasteiger partial charge is 0.231 e. The highest BCUT2D eigenvalue weighted by Gasteiger charge is 2.22. The molecule has 0 radical (unpaired) electrons. The van der Waals surface area contributed by atoms with Gasteiger partial charge in [-0.3, -0.25) is 0 Å². The van der Waals surface area contributed by atoms with Gasteiger partial charge in [0.1, 0.15) is 28.3 Å². The maximum atomic E-state index is 12.9. The summed E-state index contributed by atoms with van der Waals surface area (Å²) in [7, 11) is 0. The molecular weight excluding hydrogens is 493 g/mol. The lowest BCUT2D eigenvalue weighted by Gasteiger charge is -2.17. The Balaban J connectivity index is 1.91. The number of ether oxygens (including phenoxy) is 3. The number of unbranched alkanes of at least 4 members (excludes halogenated alkanes) is 1. The van der Waals surface area contributed by atoms with E-state index in [1.807, 2.05) is 50.2 Å². The molecule has 0 aliphatic carbocycles. The van der Waals surface area contributed by atoms with Gasteiger partial charge in [0.05, 0.1) is 18.1 Å². The lowest BCUT2D eigenvalue weighted by Crippen LogP contribution is -2.32. The molecule has 0 fully saturated rings. The second-order valence-electron chi connectivity index (χ2n) is 7.05. The van der Waals surface area contributed by atoms with Crippen molar-refractivity contribution in [3.63, 3.8) is 0 Å². The van der Waals surface area contributed by atoms with E-state index in [0.29, 0.717) is 31.0 Å². The Morgan fingerprint density at radius 3 is 2.43 bits per heavy atom. The van der Waals surface area contributed by atoms with Crippen molar-refractivity contribution in [1.82, 2.24) is 0 Å². The van der Waals surface area contributed by atoms with Crippen molar-refractivity contribution < 1.29 is 18.9 Å². The molecule has 1 heterocycles. The average Bonchev–Trinajstić information content (AvgIpc) is 2.77. The highest BCUT2D eigenvalue weighted by molar-refractivity contribution is 14.1. The molecule has 1 aromatic heterocycles. The van der Waals surface area contributed by atoms with Crippen molar-refractivity contribution in [3.8, 4) is 17.2 Å². The second-order valence-corrected chi connectivity index (χ2v) is 8.13. The Hall–Kier alpha value is -2.22. The fraction of sp³-hybridized carbons (Fsp3) is 0.375. The fourth-order valence-corrected chi connectivity index (χ4v) is 3.99. The molecule has 0 bridgehead atoms. The lowest BCUT2D eigenvalue weighted by atomic mass is 10.0. The standard InChI is InChI=1S/C24H28INO4/c1-4-6-10-18-15-20-21(26(27)17(3)23(25)24(20)28-5-2)16-22(18)30-14-13-29-19-11-8-7-9-12-19/h7-9,11-12,15-16H,4-6,10,13-14H2,1-3H3. The van der Waals surface area contributed by atoms with Gasteiger partial charge < -0.3 is 19.4 Å². The first kappa shape index (κ1) is 22.5. The quantitative estimate of drug-likeness (QED) is 0.151. The number of rotatable bonds is 10. The van der Waals surface area contributed by atoms with E-state index in [4.69, 9.17) is 14.2 Å². The third-order valence-corrected chi connectivity index (χ3v) is 6.18. The van der Waals surface area contributed by atoms with Crippen LogP contribution in [0.15, 0.2) is 42.5 Å². The van der Waals surface area contributed by atoms with Gasteiger partial charge in [-0.25, -0.2) is 0 Å². The summed E-state index contributed by atoms with van der Waals surface area (Å²) < 4.78 is 19.5. The number of nitrogens with zero attached hydrogens (tertiary/aromatic N) is 1. The van der Waals surface area contributed by atoms with E-state index in [0.717, 1.165) is 55.8 Å². The van der Waals surface area contributed by atoms with Crippen molar-refractivity contribution in [3.05, 3.63) is 62.5 Å². The van der Waals surface area contributed by atoms with Crippen LogP contribution in [0.2, 0.25) is 0 Å². The molecule has 0 saturated carbocycles. The molecule has 3 rings (SSSR count). The number of aromatic nitrogens is 1. The van der Waals surface area contributed by atoms with Gasteiger partial charge in [0.15, 0.2) is 5.75 Å². The topological polar surface area (TPSA) is 54.6 Å². The van der Waals surface area contributed by atoms with E-state index in [2.05, 4.69) is 35.6 Å². The summed E-state index contributed by atoms with van der Waals surface area (Å²) in [5, 5.41) is 13.7. The summed E-state index contributed by atoms with van der Waals surface area (Å²) in [6.07, 6.45) is 3.02. The van der Waals surface area contributed by atoms with Crippen LogP contribution in [0.3, 0.4) is 0 Å². The van der Waals surface area contributed by atoms with Crippen LogP contribution in [-0.2, 0) is 6.42 Å². The Morgan fingerprint density at radius 1 is 1.00 bits per heavy atom. The van der Waals surface area contributed by atoms with E-state index in [-0.39, 0.29) is 0 Å². The number of pyridine rings is 1. The van der Waals surface area contributed by atoms with Crippen molar-refractivity contribution >= 4 is 33.5 Å². The molecule has 0 aliphatic heterocycles. The molecule has 2 aromatic carbocycles. The van der Waals surface area contributed by atoms with Gasteiger partial charge in [-0.2, -0.15) is 4.73 Å². The first-order valence-corrected chi connectivity index (χ1v) is 11.5. The minimum absolute atomic E-state index is 0.403. The van der Waals surface area contributed by atoms with Crippen molar-refractivity contribution in [1.29, 1.82) is 0 Å². The third-order valence-electron chi connectivity index (χ3n) is 4.91. The summed E-state index contributed by atoms with van der Waals surface area (Å²) in [5.74, 6) is 2.32. The fourth-order valence-electron chi connectivity index (χ4n) is 3.33. The predicted molar refractivity (Wildman–Crippen MR) is 128 cm³/mol. The summed E-state index contributed by atoms with van der Waals surface area (Å²) in [6, 6.07) is 13.6. The molecule has 0 atom stereocenters. The number of aryl methyl sites for hydroxylation is 1. The number of hydrogen-bond donors (Lipinski definition) is 0. The Kier molecular flexibility index (Phi) is 8.01. The normalized spacial score (nSPS) is 10.9. The summed E-state index contributed by atoms with van der Waals surface area (Å²) in [5.41, 5.74) is 2.28. The molecule has 0 N–H and O–H groups in total. The first-order chi connectivity index (χ1) is 14.6. The van der Waals surface area contributed by atoms with Gasteiger partial charge in [0.2, 0.25) is 11.2 Å². The number of benzene rings is 2. The van der Waals surface area contributed by atoms with Gasteiger partial charge in [0, 0.05) is 6.92 Å². The minimum Gasteiger partial charge on any atom is -0.618 e. The minimum atomic E-state index is 0.403. The van der Waals surface area contributed by atoms with Crippen molar-refractivity contribution in [2.45, 2.75) is 40.0 Å². The maximum Gasteiger partial charge on any atom is 0.231 e. The number of hydrogen-bond acceptors (Lipinski definition) is 4. The van der Waals surface area contributed by atoms with Gasteiger partial charge in [0.25, 0.3) is 0 Å². The molecule has 5 nitrogen and oxygen atoms in total. The molecule has 0 spiro atoms. The maximum absolute atomic E-state index is 12.9. The SMILES string of the molecule is CCCCc1cc2c(OCC)c(I)c(C)[n+]([O-])c2cc1OCCOc1ccccc1. The number of para-hydroxylation sites is 1. The molecule has 3 aromatic rings. The Morgan fingerprint density at radius 2 is 1.73 bits per heavy atom. The van der Waals surface area contributed by atoms with Crippen LogP contribution < -0.4 is 18.9 Å². The Labute approximate surface area is 191 Å². The van der Waals surface area contributed by atoms with E-state index < -0.39 is 0 Å². The van der Waals surface area contributed by atoms with Crippen LogP contribution in [0.4, 0.5) is 0 Å². The van der Waals surface area contributed by atoms with Crippen LogP contribution in [0.1, 0.15) is 37.9 Å². The van der Waals surface area contributed by atoms with E-state index in [1.165, 1.54) is 0 Å². The molecule has 0 unspecified atom stereocenters. The monoisotopic (exact) mass is 521 g/mol. The Bertz CT molecular complexity index is 992. The average molecular weight is 521 g/mol. The highest BCUT2D eigenvalue weighted by Crippen LogP contribution is 2.35. The van der Waals surface area contributed by atoms with Crippen molar-refractivity contribution in [2.75, 3.05) is 19.8 Å². The predicted octanol–water partition coefficient (Wildman–Crippen LogP) is 5.59. The number of halogens is 1. The lowest BCUT2D eigenvalue weighted by molar-refractivity contribution is -0.585. The van der Waals surface area contributed by atoms with Gasteiger partial charge in [-0.15, -0.1) is 0 Å². The van der Waals surface area contributed by atoms with Crippen LogP contribution in [0.25, 0.3) is 10.9 Å². The first-order valence-electron chi connectivity index (χ1n) is 10.4. The summed E-state index contributed by atoms with van der Waals surface area (Å²) >= 11 is 2.19.